The number of rotatable bonds is 10. The maximum atomic E-state index is 6.30. The number of ether oxygens (including phenoxy) is 2. The van der Waals surface area contributed by atoms with E-state index in [0.717, 1.165) is 25.9 Å². The minimum absolute atomic E-state index is 0.00313. The molecule has 2 fully saturated rings. The van der Waals surface area contributed by atoms with Crippen LogP contribution in [0.4, 0.5) is 0 Å². The van der Waals surface area contributed by atoms with Crippen LogP contribution in [0.25, 0.3) is 0 Å². The normalized spacial score (nSPS) is 30.6. The molecule has 0 aromatic heterocycles. The van der Waals surface area contributed by atoms with E-state index in [2.05, 4.69) is 58.4 Å². The molecule has 2 aliphatic rings. The standard InChI is InChI=1S/C19H40N2O3Si/c1-19(2,3)25(7,8)23-12-10-9-11-16(20-21(4)5)17-14-13-15(14)18(22-6)24-17/h14-18,20H,9-13H2,1-8H3/t14-,15+,16+,17+,18+/m1/s1. The van der Waals surface area contributed by atoms with E-state index in [-0.39, 0.29) is 17.4 Å². The van der Waals surface area contributed by atoms with Crippen LogP contribution in [-0.2, 0) is 13.9 Å². The first-order chi connectivity index (χ1) is 11.6. The summed E-state index contributed by atoms with van der Waals surface area (Å²) in [6.07, 6.45) is 4.93. The largest absolute Gasteiger partial charge is 0.417 e. The van der Waals surface area contributed by atoms with Crippen molar-refractivity contribution in [3.8, 4) is 0 Å². The molecule has 0 bridgehead atoms. The van der Waals surface area contributed by atoms with Crippen molar-refractivity contribution in [2.75, 3.05) is 27.8 Å². The van der Waals surface area contributed by atoms with Crippen LogP contribution in [0.2, 0.25) is 18.1 Å². The van der Waals surface area contributed by atoms with Crippen molar-refractivity contribution in [3.05, 3.63) is 0 Å². The van der Waals surface area contributed by atoms with Gasteiger partial charge in [-0.25, -0.2) is 0 Å². The number of hydrogen-bond acceptors (Lipinski definition) is 5. The Hall–Kier alpha value is 0.0169. The van der Waals surface area contributed by atoms with Gasteiger partial charge in [0.25, 0.3) is 0 Å². The molecule has 1 aliphatic heterocycles. The second-order valence-electron chi connectivity index (χ2n) is 9.50. The molecule has 6 heteroatoms. The van der Waals surface area contributed by atoms with Crippen LogP contribution in [-0.4, -0.2) is 59.6 Å². The predicted molar refractivity (Wildman–Crippen MR) is 105 cm³/mol. The highest BCUT2D eigenvalue weighted by molar-refractivity contribution is 6.74. The summed E-state index contributed by atoms with van der Waals surface area (Å²) in [6.45, 7) is 12.4. The number of nitrogens with zero attached hydrogens (tertiary/aromatic N) is 1. The van der Waals surface area contributed by atoms with Gasteiger partial charge < -0.3 is 13.9 Å². The Morgan fingerprint density at radius 3 is 2.40 bits per heavy atom. The predicted octanol–water partition coefficient (Wildman–Crippen LogP) is 3.62. The Labute approximate surface area is 155 Å². The van der Waals surface area contributed by atoms with Crippen LogP contribution in [0.15, 0.2) is 0 Å². The Morgan fingerprint density at radius 1 is 1.20 bits per heavy atom. The minimum Gasteiger partial charge on any atom is -0.417 e. The molecule has 0 amide bonds. The lowest BCUT2D eigenvalue weighted by Gasteiger charge is -2.36. The number of methoxy groups -OCH3 is 1. The molecule has 1 saturated heterocycles. The highest BCUT2D eigenvalue weighted by atomic mass is 28.4. The van der Waals surface area contributed by atoms with Gasteiger partial charge in [0.1, 0.15) is 0 Å². The molecule has 1 N–H and O–H groups in total. The lowest BCUT2D eigenvalue weighted by atomic mass is 10.0. The quantitative estimate of drug-likeness (QED) is 0.360. The molecule has 0 unspecified atom stereocenters. The maximum absolute atomic E-state index is 6.30. The fourth-order valence-electron chi connectivity index (χ4n) is 3.55. The van der Waals surface area contributed by atoms with E-state index < -0.39 is 8.32 Å². The van der Waals surface area contributed by atoms with Gasteiger partial charge in [0.2, 0.25) is 0 Å². The van der Waals surface area contributed by atoms with Crippen molar-refractivity contribution in [2.45, 2.75) is 83.0 Å². The molecule has 0 aromatic carbocycles. The van der Waals surface area contributed by atoms with E-state index in [4.69, 9.17) is 13.9 Å². The molecule has 1 aliphatic carbocycles. The van der Waals surface area contributed by atoms with Crippen molar-refractivity contribution in [3.63, 3.8) is 0 Å². The molecule has 148 valence electrons. The molecule has 5 atom stereocenters. The Kier molecular flexibility index (Phi) is 7.13. The summed E-state index contributed by atoms with van der Waals surface area (Å²) in [6, 6.07) is 0.359. The lowest BCUT2D eigenvalue weighted by Crippen LogP contribution is -2.48. The molecule has 1 heterocycles. The third-order valence-corrected chi connectivity index (χ3v) is 10.7. The highest BCUT2D eigenvalue weighted by Gasteiger charge is 2.58. The number of nitrogens with one attached hydrogen (secondary N) is 1. The first-order valence-electron chi connectivity index (χ1n) is 9.82. The molecule has 0 radical (unpaired) electrons. The Morgan fingerprint density at radius 2 is 1.88 bits per heavy atom. The van der Waals surface area contributed by atoms with Gasteiger partial charge in [0.15, 0.2) is 14.6 Å². The molecule has 0 aromatic rings. The van der Waals surface area contributed by atoms with Gasteiger partial charge in [0.05, 0.1) is 6.10 Å². The molecule has 1 saturated carbocycles. The Bertz CT molecular complexity index is 425. The van der Waals surface area contributed by atoms with Crippen molar-refractivity contribution in [1.82, 2.24) is 10.4 Å². The molecule has 0 spiro atoms. The van der Waals surface area contributed by atoms with Crippen LogP contribution in [0, 0.1) is 11.8 Å². The van der Waals surface area contributed by atoms with Crippen LogP contribution in [0.1, 0.15) is 46.5 Å². The first-order valence-corrected chi connectivity index (χ1v) is 12.7. The second-order valence-corrected chi connectivity index (χ2v) is 14.3. The summed E-state index contributed by atoms with van der Waals surface area (Å²) in [5, 5.41) is 2.34. The second kappa shape index (κ2) is 8.36. The fourth-order valence-corrected chi connectivity index (χ4v) is 4.64. The van der Waals surface area contributed by atoms with Gasteiger partial charge in [-0.2, -0.15) is 0 Å². The molecule has 25 heavy (non-hydrogen) atoms. The monoisotopic (exact) mass is 372 g/mol. The van der Waals surface area contributed by atoms with Gasteiger partial charge in [-0.3, -0.25) is 10.4 Å². The summed E-state index contributed by atoms with van der Waals surface area (Å²) in [7, 11) is 4.25. The zero-order chi connectivity index (χ0) is 18.8. The number of hydrogen-bond donors (Lipinski definition) is 1. The fraction of sp³-hybridized carbons (Fsp3) is 1.00. The first kappa shape index (κ1) is 21.3. The average Bonchev–Trinajstić information content (AvgIpc) is 3.19. The van der Waals surface area contributed by atoms with E-state index in [9.17, 15) is 0 Å². The van der Waals surface area contributed by atoms with Crippen LogP contribution < -0.4 is 5.43 Å². The van der Waals surface area contributed by atoms with E-state index in [0.29, 0.717) is 17.9 Å². The summed E-state index contributed by atoms with van der Waals surface area (Å²) >= 11 is 0. The SMILES string of the molecule is CO[C@H]1O[C@H]([C@H](CCCCO[Si](C)(C)C(C)(C)C)NN(C)C)[C@@H]2C[C@H]12. The Balaban J connectivity index is 1.76. The van der Waals surface area contributed by atoms with Gasteiger partial charge in [-0.1, -0.05) is 20.8 Å². The summed E-state index contributed by atoms with van der Waals surface area (Å²) in [4.78, 5) is 0. The number of unbranched alkanes of at least 4 members (excludes halogenated alkanes) is 1. The van der Waals surface area contributed by atoms with Crippen molar-refractivity contribution < 1.29 is 13.9 Å². The van der Waals surface area contributed by atoms with Crippen molar-refractivity contribution >= 4 is 8.32 Å². The summed E-state index contributed by atoms with van der Waals surface area (Å²) in [5.74, 6) is 1.29. The van der Waals surface area contributed by atoms with Crippen molar-refractivity contribution in [1.29, 1.82) is 0 Å². The third kappa shape index (κ3) is 5.50. The summed E-state index contributed by atoms with van der Waals surface area (Å²) in [5.41, 5.74) is 3.58. The van der Waals surface area contributed by atoms with Crippen LogP contribution in [0.5, 0.6) is 0 Å². The number of hydrazine groups is 1. The van der Waals surface area contributed by atoms with Gasteiger partial charge >= 0.3 is 0 Å². The molecule has 5 nitrogen and oxygen atoms in total. The average molecular weight is 373 g/mol. The zero-order valence-corrected chi connectivity index (χ0v) is 18.6. The van der Waals surface area contributed by atoms with Crippen LogP contribution in [0.3, 0.4) is 0 Å². The topological polar surface area (TPSA) is 43.0 Å². The van der Waals surface area contributed by atoms with E-state index in [1.165, 1.54) is 6.42 Å². The zero-order valence-electron chi connectivity index (χ0n) is 17.6. The molecular weight excluding hydrogens is 332 g/mol. The number of fused-ring (bicyclic) bond motifs is 1. The van der Waals surface area contributed by atoms with Crippen molar-refractivity contribution in [2.24, 2.45) is 11.8 Å². The highest BCUT2D eigenvalue weighted by Crippen LogP contribution is 2.53. The van der Waals surface area contributed by atoms with Crippen LogP contribution >= 0.6 is 0 Å². The van der Waals surface area contributed by atoms with E-state index in [1.807, 2.05) is 0 Å². The summed E-state index contributed by atoms with van der Waals surface area (Å²) < 4.78 is 17.9. The minimum atomic E-state index is -1.62. The van der Waals surface area contributed by atoms with E-state index >= 15 is 0 Å². The maximum Gasteiger partial charge on any atom is 0.191 e. The molecular formula is C19H40N2O3Si. The van der Waals surface area contributed by atoms with Gasteiger partial charge in [0, 0.05) is 39.8 Å². The molecule has 2 rings (SSSR count). The van der Waals surface area contributed by atoms with E-state index in [1.54, 1.807) is 7.11 Å². The van der Waals surface area contributed by atoms with Gasteiger partial charge in [-0.15, -0.1) is 0 Å². The lowest BCUT2D eigenvalue weighted by molar-refractivity contribution is -0.146. The smallest absolute Gasteiger partial charge is 0.191 e. The third-order valence-electron chi connectivity index (χ3n) is 6.19. The van der Waals surface area contributed by atoms with Gasteiger partial charge in [-0.05, 0) is 49.7 Å².